The summed E-state index contributed by atoms with van der Waals surface area (Å²) in [6.45, 7) is 2.12. The fourth-order valence-electron chi connectivity index (χ4n) is 1.75. The highest BCUT2D eigenvalue weighted by Gasteiger charge is 1.94. The summed E-state index contributed by atoms with van der Waals surface area (Å²) in [5.41, 5.74) is 0. The highest BCUT2D eigenvalue weighted by molar-refractivity contribution is 5.66. The monoisotopic (exact) mass is 326 g/mol. The number of carboxylic acid groups (broad SMARTS) is 1. The minimum atomic E-state index is -0.703. The van der Waals surface area contributed by atoms with Crippen molar-refractivity contribution in [3.63, 3.8) is 0 Å². The van der Waals surface area contributed by atoms with Gasteiger partial charge in [-0.05, 0) is 25.7 Å². The molecular formula is C22H30O2. The van der Waals surface area contributed by atoms with E-state index in [1.54, 1.807) is 0 Å². The van der Waals surface area contributed by atoms with Crippen LogP contribution in [0.15, 0.2) is 85.1 Å². The molecule has 24 heavy (non-hydrogen) atoms. The standard InChI is InChI=1S/C22H30O2/c1-2-3-4-5-6-7-8-9-10-11-12-13-14-15-16-17-18-19-20-21-22(23)24/h3-16H,2,17-21H2,1H3,(H,23,24)/b4-3+,6-5+,8-7+,10-9+,12-11+,14-13+,16-15+. The summed E-state index contributed by atoms with van der Waals surface area (Å²) < 4.78 is 0. The van der Waals surface area contributed by atoms with Gasteiger partial charge in [-0.2, -0.15) is 0 Å². The van der Waals surface area contributed by atoms with Crippen molar-refractivity contribution in [3.05, 3.63) is 85.1 Å². The van der Waals surface area contributed by atoms with Gasteiger partial charge in [-0.3, -0.25) is 4.79 Å². The summed E-state index contributed by atoms with van der Waals surface area (Å²) >= 11 is 0. The summed E-state index contributed by atoms with van der Waals surface area (Å²) in [7, 11) is 0. The molecule has 0 spiro atoms. The van der Waals surface area contributed by atoms with Crippen LogP contribution in [0.2, 0.25) is 0 Å². The van der Waals surface area contributed by atoms with Gasteiger partial charge in [0, 0.05) is 6.42 Å². The maximum Gasteiger partial charge on any atom is 0.303 e. The molecule has 130 valence electrons. The average Bonchev–Trinajstić information content (AvgIpc) is 2.56. The quantitative estimate of drug-likeness (QED) is 0.317. The maximum absolute atomic E-state index is 10.3. The Morgan fingerprint density at radius 1 is 0.667 bits per heavy atom. The van der Waals surface area contributed by atoms with E-state index in [9.17, 15) is 4.79 Å². The van der Waals surface area contributed by atoms with Crippen LogP contribution in [-0.4, -0.2) is 11.1 Å². The molecule has 0 saturated carbocycles. The molecule has 1 N–H and O–H groups in total. The van der Waals surface area contributed by atoms with E-state index in [4.69, 9.17) is 5.11 Å². The van der Waals surface area contributed by atoms with Crippen LogP contribution in [0.5, 0.6) is 0 Å². The predicted octanol–water partition coefficient (Wildman–Crippen LogP) is 6.32. The first-order valence-corrected chi connectivity index (χ1v) is 8.64. The van der Waals surface area contributed by atoms with Crippen molar-refractivity contribution in [2.75, 3.05) is 0 Å². The number of hydrogen-bond acceptors (Lipinski definition) is 1. The van der Waals surface area contributed by atoms with Crippen LogP contribution in [0.4, 0.5) is 0 Å². The molecular weight excluding hydrogens is 296 g/mol. The Hall–Kier alpha value is -2.35. The normalized spacial score (nSPS) is 13.4. The third-order valence-electron chi connectivity index (χ3n) is 2.99. The molecule has 0 bridgehead atoms. The van der Waals surface area contributed by atoms with Gasteiger partial charge < -0.3 is 5.11 Å². The fraction of sp³-hybridized carbons (Fsp3) is 0.318. The van der Waals surface area contributed by atoms with Gasteiger partial charge in [-0.25, -0.2) is 0 Å². The number of hydrogen-bond donors (Lipinski definition) is 1. The Morgan fingerprint density at radius 2 is 1.12 bits per heavy atom. The summed E-state index contributed by atoms with van der Waals surface area (Å²) in [5.74, 6) is -0.703. The van der Waals surface area contributed by atoms with E-state index in [1.807, 2.05) is 72.9 Å². The highest BCUT2D eigenvalue weighted by Crippen LogP contribution is 2.03. The van der Waals surface area contributed by atoms with Gasteiger partial charge >= 0.3 is 5.97 Å². The lowest BCUT2D eigenvalue weighted by molar-refractivity contribution is -0.137. The Kier molecular flexibility index (Phi) is 16.9. The second-order valence-electron chi connectivity index (χ2n) is 5.18. The zero-order valence-corrected chi connectivity index (χ0v) is 14.7. The number of rotatable bonds is 13. The van der Waals surface area contributed by atoms with E-state index in [1.165, 1.54) is 0 Å². The molecule has 0 aliphatic rings. The molecule has 2 nitrogen and oxygen atoms in total. The second-order valence-corrected chi connectivity index (χ2v) is 5.18. The Labute approximate surface area is 147 Å². The minimum absolute atomic E-state index is 0.281. The smallest absolute Gasteiger partial charge is 0.303 e. The lowest BCUT2D eigenvalue weighted by Gasteiger charge is -1.94. The van der Waals surface area contributed by atoms with E-state index >= 15 is 0 Å². The molecule has 0 amide bonds. The van der Waals surface area contributed by atoms with E-state index < -0.39 is 5.97 Å². The SMILES string of the molecule is CC/C=C/C=C/C=C/C=C/C=C/C=C/C=C/CCCCCC(=O)O. The van der Waals surface area contributed by atoms with Gasteiger partial charge in [-0.15, -0.1) is 0 Å². The molecule has 0 aliphatic carbocycles. The van der Waals surface area contributed by atoms with Gasteiger partial charge in [0.2, 0.25) is 0 Å². The van der Waals surface area contributed by atoms with Crippen LogP contribution in [-0.2, 0) is 4.79 Å². The second kappa shape index (κ2) is 18.7. The van der Waals surface area contributed by atoms with Crippen LogP contribution < -0.4 is 0 Å². The van der Waals surface area contributed by atoms with Gasteiger partial charge in [0.05, 0.1) is 0 Å². The van der Waals surface area contributed by atoms with Crippen molar-refractivity contribution in [2.24, 2.45) is 0 Å². The predicted molar refractivity (Wildman–Crippen MR) is 105 cm³/mol. The van der Waals surface area contributed by atoms with Crippen molar-refractivity contribution < 1.29 is 9.90 Å². The Balaban J connectivity index is 3.66. The van der Waals surface area contributed by atoms with Crippen molar-refractivity contribution in [1.29, 1.82) is 0 Å². The molecule has 0 aromatic heterocycles. The summed E-state index contributed by atoms with van der Waals surface area (Å²) in [5, 5.41) is 8.51. The van der Waals surface area contributed by atoms with Gasteiger partial charge in [0.1, 0.15) is 0 Å². The summed E-state index contributed by atoms with van der Waals surface area (Å²) in [6, 6.07) is 0. The molecule has 0 aliphatic heterocycles. The minimum Gasteiger partial charge on any atom is -0.481 e. The molecule has 0 saturated heterocycles. The molecule has 2 heteroatoms. The topological polar surface area (TPSA) is 37.3 Å². The third kappa shape index (κ3) is 19.7. The molecule has 0 aromatic carbocycles. The lowest BCUT2D eigenvalue weighted by atomic mass is 10.1. The zero-order chi connectivity index (χ0) is 17.7. The van der Waals surface area contributed by atoms with Crippen molar-refractivity contribution >= 4 is 5.97 Å². The first-order valence-electron chi connectivity index (χ1n) is 8.64. The fourth-order valence-corrected chi connectivity index (χ4v) is 1.75. The number of unbranched alkanes of at least 4 members (excludes halogenated alkanes) is 3. The maximum atomic E-state index is 10.3. The number of allylic oxidation sites excluding steroid dienone is 14. The molecule has 0 aromatic rings. The van der Waals surface area contributed by atoms with E-state index in [2.05, 4.69) is 19.1 Å². The van der Waals surface area contributed by atoms with E-state index in [0.29, 0.717) is 0 Å². The number of aliphatic carboxylic acids is 1. The van der Waals surface area contributed by atoms with Gasteiger partial charge in [-0.1, -0.05) is 98.4 Å². The van der Waals surface area contributed by atoms with Crippen molar-refractivity contribution in [3.8, 4) is 0 Å². The van der Waals surface area contributed by atoms with Crippen LogP contribution in [0.25, 0.3) is 0 Å². The molecule has 0 rings (SSSR count). The van der Waals surface area contributed by atoms with E-state index in [-0.39, 0.29) is 6.42 Å². The third-order valence-corrected chi connectivity index (χ3v) is 2.99. The summed E-state index contributed by atoms with van der Waals surface area (Å²) in [4.78, 5) is 10.3. The molecule has 0 radical (unpaired) electrons. The van der Waals surface area contributed by atoms with Gasteiger partial charge in [0.25, 0.3) is 0 Å². The van der Waals surface area contributed by atoms with Crippen LogP contribution in [0.1, 0.15) is 45.4 Å². The number of carbonyl (C=O) groups is 1. The molecule has 0 unspecified atom stereocenters. The number of carboxylic acids is 1. The van der Waals surface area contributed by atoms with Crippen molar-refractivity contribution in [1.82, 2.24) is 0 Å². The van der Waals surface area contributed by atoms with Gasteiger partial charge in [0.15, 0.2) is 0 Å². The lowest BCUT2D eigenvalue weighted by Crippen LogP contribution is -1.93. The Bertz CT molecular complexity index is 500. The summed E-state index contributed by atoms with van der Waals surface area (Å²) in [6.07, 6.45) is 33.4. The van der Waals surface area contributed by atoms with Crippen LogP contribution in [0.3, 0.4) is 0 Å². The molecule has 0 atom stereocenters. The first kappa shape index (κ1) is 21.6. The first-order chi connectivity index (χ1) is 11.8. The molecule has 0 heterocycles. The van der Waals surface area contributed by atoms with E-state index in [0.717, 1.165) is 32.1 Å². The van der Waals surface area contributed by atoms with Crippen LogP contribution >= 0.6 is 0 Å². The highest BCUT2D eigenvalue weighted by atomic mass is 16.4. The zero-order valence-electron chi connectivity index (χ0n) is 14.7. The van der Waals surface area contributed by atoms with Crippen LogP contribution in [0, 0.1) is 0 Å². The largest absolute Gasteiger partial charge is 0.481 e. The molecule has 0 fully saturated rings. The Morgan fingerprint density at radius 3 is 1.58 bits per heavy atom. The average molecular weight is 326 g/mol. The van der Waals surface area contributed by atoms with Crippen molar-refractivity contribution in [2.45, 2.75) is 45.4 Å².